The Bertz CT molecular complexity index is 804. The Balaban J connectivity index is 1.47. The van der Waals surface area contributed by atoms with Crippen molar-refractivity contribution in [1.29, 1.82) is 0 Å². The molecule has 0 amide bonds. The van der Waals surface area contributed by atoms with Crippen LogP contribution in [0.25, 0.3) is 4.96 Å². The van der Waals surface area contributed by atoms with Crippen LogP contribution < -0.4 is 5.32 Å². The molecule has 0 radical (unpaired) electrons. The number of rotatable bonds is 7. The van der Waals surface area contributed by atoms with Crippen molar-refractivity contribution < 1.29 is 18.7 Å². The average Bonchev–Trinajstić information content (AvgIpc) is 3.19. The van der Waals surface area contributed by atoms with E-state index in [0.29, 0.717) is 12.5 Å². The Morgan fingerprint density at radius 3 is 2.84 bits per heavy atom. The van der Waals surface area contributed by atoms with Gasteiger partial charge in [0.05, 0.1) is 11.4 Å². The number of fused-ring (bicyclic) bond motifs is 1. The largest absolute Gasteiger partial charge is 0.480 e. The molecule has 1 atom stereocenters. The molecule has 2 aliphatic carbocycles. The molecule has 2 aromatic heterocycles. The van der Waals surface area contributed by atoms with E-state index in [1.54, 1.807) is 11.3 Å². The molecule has 2 saturated carbocycles. The molecular formula is C17H21F2N3O2S. The van der Waals surface area contributed by atoms with E-state index in [0.717, 1.165) is 16.3 Å². The number of aryl methyl sites for hydroxylation is 1. The van der Waals surface area contributed by atoms with E-state index in [2.05, 4.69) is 20.1 Å². The number of halogens is 2. The molecule has 2 heterocycles. The number of hydrogen-bond acceptors (Lipinski definition) is 4. The lowest BCUT2D eigenvalue weighted by atomic mass is 9.77. The summed E-state index contributed by atoms with van der Waals surface area (Å²) in [6.45, 7) is 2.30. The van der Waals surface area contributed by atoms with E-state index in [9.17, 15) is 18.7 Å². The predicted molar refractivity (Wildman–Crippen MR) is 90.3 cm³/mol. The number of aliphatic carboxylic acids is 1. The number of nitrogens with one attached hydrogen (secondary N) is 1. The van der Waals surface area contributed by atoms with Crippen molar-refractivity contribution in [1.82, 2.24) is 14.7 Å². The first-order valence-electron chi connectivity index (χ1n) is 8.63. The standard InChI is InChI=1S/C17H21F2N3O2S/c1-9-13(22-14(11-2-3-11)8-25-16(22)21-9)7-20-12(15(23)24)4-10-5-17(18,19)6-10/h8,10-12,20H,2-7H2,1H3,(H,23,24). The van der Waals surface area contributed by atoms with Crippen molar-refractivity contribution >= 4 is 22.3 Å². The Kier molecular flexibility index (Phi) is 4.07. The van der Waals surface area contributed by atoms with Gasteiger partial charge in [-0.15, -0.1) is 11.3 Å². The number of thiazole rings is 1. The molecule has 0 saturated heterocycles. The zero-order valence-corrected chi connectivity index (χ0v) is 14.8. The van der Waals surface area contributed by atoms with Crippen LogP contribution in [0.1, 0.15) is 55.1 Å². The number of carbonyl (C=O) groups is 1. The lowest BCUT2D eigenvalue weighted by Gasteiger charge is -2.36. The third-order valence-corrected chi connectivity index (χ3v) is 6.08. The van der Waals surface area contributed by atoms with Crippen LogP contribution in [0, 0.1) is 12.8 Å². The topological polar surface area (TPSA) is 66.6 Å². The summed E-state index contributed by atoms with van der Waals surface area (Å²) < 4.78 is 28.1. The molecule has 0 aliphatic heterocycles. The van der Waals surface area contributed by atoms with Crippen molar-refractivity contribution in [3.8, 4) is 0 Å². The quantitative estimate of drug-likeness (QED) is 0.783. The minimum absolute atomic E-state index is 0.204. The third-order valence-electron chi connectivity index (χ3n) is 5.24. The van der Waals surface area contributed by atoms with Gasteiger partial charge in [-0.3, -0.25) is 14.5 Å². The first kappa shape index (κ1) is 16.9. The van der Waals surface area contributed by atoms with Gasteiger partial charge in [-0.1, -0.05) is 0 Å². The second-order valence-corrected chi connectivity index (χ2v) is 8.17. The molecule has 8 heteroatoms. The molecule has 2 fully saturated rings. The van der Waals surface area contributed by atoms with Crippen molar-refractivity contribution in [2.24, 2.45) is 5.92 Å². The van der Waals surface area contributed by atoms with Gasteiger partial charge in [0.15, 0.2) is 4.96 Å². The van der Waals surface area contributed by atoms with E-state index in [4.69, 9.17) is 0 Å². The van der Waals surface area contributed by atoms with Gasteiger partial charge in [0.1, 0.15) is 6.04 Å². The molecule has 5 nitrogen and oxygen atoms in total. The minimum Gasteiger partial charge on any atom is -0.480 e. The van der Waals surface area contributed by atoms with Crippen molar-refractivity contribution in [2.75, 3.05) is 0 Å². The fourth-order valence-corrected chi connectivity index (χ4v) is 4.72. The van der Waals surface area contributed by atoms with Crippen molar-refractivity contribution in [3.63, 3.8) is 0 Å². The number of imidazole rings is 1. The fraction of sp³-hybridized carbons (Fsp3) is 0.647. The van der Waals surface area contributed by atoms with E-state index < -0.39 is 17.9 Å². The van der Waals surface area contributed by atoms with Crippen LogP contribution in [0.4, 0.5) is 8.78 Å². The van der Waals surface area contributed by atoms with Gasteiger partial charge in [0.2, 0.25) is 5.92 Å². The minimum atomic E-state index is -2.61. The highest BCUT2D eigenvalue weighted by molar-refractivity contribution is 7.15. The summed E-state index contributed by atoms with van der Waals surface area (Å²) in [6.07, 6.45) is 2.20. The summed E-state index contributed by atoms with van der Waals surface area (Å²) in [5.41, 5.74) is 3.12. The van der Waals surface area contributed by atoms with Gasteiger partial charge in [-0.2, -0.15) is 0 Å². The van der Waals surface area contributed by atoms with E-state index in [-0.39, 0.29) is 25.2 Å². The van der Waals surface area contributed by atoms with Crippen LogP contribution in [-0.4, -0.2) is 32.4 Å². The second kappa shape index (κ2) is 6.02. The highest BCUT2D eigenvalue weighted by Gasteiger charge is 2.46. The summed E-state index contributed by atoms with van der Waals surface area (Å²) in [4.78, 5) is 17.0. The molecule has 0 bridgehead atoms. The number of alkyl halides is 2. The molecule has 2 aromatic rings. The second-order valence-electron chi connectivity index (χ2n) is 7.33. The molecule has 0 spiro atoms. The summed E-state index contributed by atoms with van der Waals surface area (Å²) in [7, 11) is 0. The van der Waals surface area contributed by atoms with Gasteiger partial charge in [0, 0.05) is 36.4 Å². The Hall–Kier alpha value is -1.54. The molecule has 4 rings (SSSR count). The lowest BCUT2D eigenvalue weighted by molar-refractivity contribution is -0.144. The van der Waals surface area contributed by atoms with Gasteiger partial charge in [0.25, 0.3) is 0 Å². The maximum absolute atomic E-state index is 13.0. The van der Waals surface area contributed by atoms with Crippen LogP contribution in [0.3, 0.4) is 0 Å². The number of hydrogen-bond donors (Lipinski definition) is 2. The third kappa shape index (κ3) is 3.29. The van der Waals surface area contributed by atoms with E-state index in [1.807, 2.05) is 6.92 Å². The van der Waals surface area contributed by atoms with E-state index in [1.165, 1.54) is 18.5 Å². The summed E-state index contributed by atoms with van der Waals surface area (Å²) in [5.74, 6) is -3.24. The molecule has 25 heavy (non-hydrogen) atoms. The smallest absolute Gasteiger partial charge is 0.320 e. The highest BCUT2D eigenvalue weighted by Crippen LogP contribution is 2.45. The fourth-order valence-electron chi connectivity index (χ4n) is 3.69. The maximum atomic E-state index is 13.0. The summed E-state index contributed by atoms with van der Waals surface area (Å²) in [5, 5.41) is 14.6. The SMILES string of the molecule is Cc1nc2scc(C3CC3)n2c1CNC(CC1CC(F)(F)C1)C(=O)O. The van der Waals surface area contributed by atoms with Crippen molar-refractivity contribution in [3.05, 3.63) is 22.5 Å². The lowest BCUT2D eigenvalue weighted by Crippen LogP contribution is -2.43. The average molecular weight is 369 g/mol. The van der Waals surface area contributed by atoms with Gasteiger partial charge < -0.3 is 5.11 Å². The highest BCUT2D eigenvalue weighted by atomic mass is 32.1. The number of aromatic nitrogens is 2. The molecule has 136 valence electrons. The zero-order chi connectivity index (χ0) is 17.8. The Morgan fingerprint density at radius 2 is 2.24 bits per heavy atom. The van der Waals surface area contributed by atoms with Gasteiger partial charge in [-0.05, 0) is 32.1 Å². The molecule has 0 aromatic carbocycles. The Labute approximate surface area is 148 Å². The van der Waals surface area contributed by atoms with Crippen LogP contribution in [0.15, 0.2) is 5.38 Å². The molecule has 2 aliphatic rings. The number of carboxylic acid groups (broad SMARTS) is 1. The predicted octanol–water partition coefficient (Wildman–Crippen LogP) is 3.56. The van der Waals surface area contributed by atoms with Crippen LogP contribution in [0.5, 0.6) is 0 Å². The van der Waals surface area contributed by atoms with E-state index >= 15 is 0 Å². The van der Waals surface area contributed by atoms with Crippen LogP contribution in [0.2, 0.25) is 0 Å². The number of carboxylic acids is 1. The molecule has 2 N–H and O–H groups in total. The zero-order valence-electron chi connectivity index (χ0n) is 14.0. The first-order chi connectivity index (χ1) is 11.8. The summed E-state index contributed by atoms with van der Waals surface area (Å²) >= 11 is 1.61. The Morgan fingerprint density at radius 1 is 1.52 bits per heavy atom. The monoisotopic (exact) mass is 369 g/mol. The molecule has 1 unspecified atom stereocenters. The van der Waals surface area contributed by atoms with Crippen LogP contribution in [-0.2, 0) is 11.3 Å². The first-order valence-corrected chi connectivity index (χ1v) is 9.51. The summed E-state index contributed by atoms with van der Waals surface area (Å²) in [6, 6.07) is -0.811. The van der Waals surface area contributed by atoms with Gasteiger partial charge in [-0.25, -0.2) is 13.8 Å². The van der Waals surface area contributed by atoms with Crippen LogP contribution >= 0.6 is 11.3 Å². The van der Waals surface area contributed by atoms with Crippen molar-refractivity contribution in [2.45, 2.75) is 63.5 Å². The maximum Gasteiger partial charge on any atom is 0.320 e. The van der Waals surface area contributed by atoms with Gasteiger partial charge >= 0.3 is 5.97 Å². The molecular weight excluding hydrogens is 348 g/mol. The number of nitrogens with zero attached hydrogens (tertiary/aromatic N) is 2. The normalized spacial score (nSPS) is 21.4.